The molecule has 13 heteroatoms. The first kappa shape index (κ1) is 20.3. The summed E-state index contributed by atoms with van der Waals surface area (Å²) < 4.78 is 73.7. The first-order valence-corrected chi connectivity index (χ1v) is 8.97. The van der Waals surface area contributed by atoms with Gasteiger partial charge < -0.3 is 4.52 Å². The predicted molar refractivity (Wildman–Crippen MR) is 91.2 cm³/mol. The SMILES string of the molecule is FC(F)Cn1ncnc1CN1CCC(c2nc(-c3ccncc3)no2)(C(F)(F)F)C1. The van der Waals surface area contributed by atoms with Crippen LogP contribution in [0.15, 0.2) is 35.4 Å². The Bertz CT molecular complexity index is 990. The van der Waals surface area contributed by atoms with Gasteiger partial charge in [0.2, 0.25) is 11.7 Å². The molecule has 0 aliphatic carbocycles. The summed E-state index contributed by atoms with van der Waals surface area (Å²) in [6.45, 7) is -1.15. The number of alkyl halides is 5. The number of aromatic nitrogens is 6. The van der Waals surface area contributed by atoms with E-state index in [1.54, 1.807) is 12.1 Å². The van der Waals surface area contributed by atoms with E-state index in [2.05, 4.69) is 25.2 Å². The maximum atomic E-state index is 14.1. The lowest BCUT2D eigenvalue weighted by atomic mass is 9.86. The molecule has 0 N–H and O–H groups in total. The van der Waals surface area contributed by atoms with Gasteiger partial charge in [-0.1, -0.05) is 5.16 Å². The Morgan fingerprint density at radius 1 is 1.20 bits per heavy atom. The number of pyridine rings is 1. The van der Waals surface area contributed by atoms with E-state index in [0.717, 1.165) is 11.0 Å². The molecule has 0 amide bonds. The van der Waals surface area contributed by atoms with Crippen LogP contribution >= 0.6 is 0 Å². The molecule has 1 unspecified atom stereocenters. The van der Waals surface area contributed by atoms with Crippen molar-refractivity contribution < 1.29 is 26.5 Å². The molecular weight excluding hydrogens is 413 g/mol. The second-order valence-corrected chi connectivity index (χ2v) is 6.95. The molecule has 1 saturated heterocycles. The molecule has 1 aliphatic rings. The molecule has 8 nitrogen and oxygen atoms in total. The molecule has 0 bridgehead atoms. The first-order valence-electron chi connectivity index (χ1n) is 8.97. The Morgan fingerprint density at radius 2 is 1.97 bits per heavy atom. The molecule has 0 saturated carbocycles. The van der Waals surface area contributed by atoms with Crippen LogP contribution in [0.25, 0.3) is 11.4 Å². The predicted octanol–water partition coefficient (Wildman–Crippen LogP) is 2.69. The number of hydrogen-bond acceptors (Lipinski definition) is 7. The topological polar surface area (TPSA) is 85.8 Å². The molecule has 3 aromatic heterocycles. The fourth-order valence-corrected chi connectivity index (χ4v) is 3.48. The summed E-state index contributed by atoms with van der Waals surface area (Å²) in [4.78, 5) is 13.2. The minimum atomic E-state index is -4.65. The molecule has 0 aromatic carbocycles. The van der Waals surface area contributed by atoms with Crippen LogP contribution in [0.3, 0.4) is 0 Å². The zero-order chi connectivity index (χ0) is 21.4. The molecule has 1 fully saturated rings. The van der Waals surface area contributed by atoms with Gasteiger partial charge in [0.05, 0.1) is 6.54 Å². The van der Waals surface area contributed by atoms with Crippen molar-refractivity contribution in [3.63, 3.8) is 0 Å². The minimum absolute atomic E-state index is 0.0335. The second-order valence-electron chi connectivity index (χ2n) is 6.95. The van der Waals surface area contributed by atoms with Crippen molar-refractivity contribution in [1.29, 1.82) is 0 Å². The van der Waals surface area contributed by atoms with E-state index in [1.807, 2.05) is 0 Å². The fraction of sp³-hybridized carbons (Fsp3) is 0.471. The Morgan fingerprint density at radius 3 is 2.67 bits per heavy atom. The third kappa shape index (κ3) is 3.76. The average molecular weight is 429 g/mol. The summed E-state index contributed by atoms with van der Waals surface area (Å²) in [6.07, 6.45) is -3.57. The van der Waals surface area contributed by atoms with Crippen LogP contribution in [0.5, 0.6) is 0 Å². The molecule has 1 aliphatic heterocycles. The van der Waals surface area contributed by atoms with Crippen LogP contribution in [-0.4, -0.2) is 60.5 Å². The summed E-state index contributed by atoms with van der Waals surface area (Å²) in [5.41, 5.74) is -1.88. The summed E-state index contributed by atoms with van der Waals surface area (Å²) >= 11 is 0. The third-order valence-corrected chi connectivity index (χ3v) is 5.04. The Kier molecular flexibility index (Phi) is 5.22. The van der Waals surface area contributed by atoms with Gasteiger partial charge in [-0.3, -0.25) is 9.88 Å². The van der Waals surface area contributed by atoms with E-state index in [-0.39, 0.29) is 31.2 Å². The van der Waals surface area contributed by atoms with Gasteiger partial charge in [0.15, 0.2) is 5.41 Å². The Balaban J connectivity index is 1.58. The Hall–Kier alpha value is -2.96. The smallest absolute Gasteiger partial charge is 0.338 e. The van der Waals surface area contributed by atoms with Gasteiger partial charge in [-0.15, -0.1) is 0 Å². The van der Waals surface area contributed by atoms with Crippen molar-refractivity contribution in [2.24, 2.45) is 0 Å². The monoisotopic (exact) mass is 429 g/mol. The number of hydrogen-bond donors (Lipinski definition) is 0. The summed E-state index contributed by atoms with van der Waals surface area (Å²) in [7, 11) is 0. The molecule has 4 heterocycles. The lowest BCUT2D eigenvalue weighted by molar-refractivity contribution is -0.193. The van der Waals surface area contributed by atoms with Crippen LogP contribution in [0, 0.1) is 0 Å². The number of halogens is 5. The molecule has 30 heavy (non-hydrogen) atoms. The van der Waals surface area contributed by atoms with Crippen molar-refractivity contribution in [2.75, 3.05) is 13.1 Å². The molecule has 4 rings (SSSR count). The van der Waals surface area contributed by atoms with Gasteiger partial charge in [-0.05, 0) is 18.6 Å². The van der Waals surface area contributed by atoms with E-state index >= 15 is 0 Å². The first-order chi connectivity index (χ1) is 14.3. The Labute approximate surface area is 166 Å². The highest BCUT2D eigenvalue weighted by molar-refractivity contribution is 5.52. The second kappa shape index (κ2) is 7.70. The highest BCUT2D eigenvalue weighted by atomic mass is 19.4. The van der Waals surface area contributed by atoms with E-state index in [9.17, 15) is 22.0 Å². The molecule has 3 aromatic rings. The van der Waals surface area contributed by atoms with Crippen molar-refractivity contribution in [3.8, 4) is 11.4 Å². The molecule has 0 spiro atoms. The lowest BCUT2D eigenvalue weighted by Gasteiger charge is -2.28. The quantitative estimate of drug-likeness (QED) is 0.557. The van der Waals surface area contributed by atoms with Crippen molar-refractivity contribution in [2.45, 2.75) is 37.5 Å². The normalized spacial score (nSPS) is 20.3. The lowest BCUT2D eigenvalue weighted by Crippen LogP contribution is -2.45. The minimum Gasteiger partial charge on any atom is -0.338 e. The largest absolute Gasteiger partial charge is 0.404 e. The van der Waals surface area contributed by atoms with Gasteiger partial charge in [0.25, 0.3) is 6.43 Å². The van der Waals surface area contributed by atoms with Crippen LogP contribution < -0.4 is 0 Å². The van der Waals surface area contributed by atoms with Gasteiger partial charge in [-0.25, -0.2) is 18.4 Å². The van der Waals surface area contributed by atoms with Crippen LogP contribution in [-0.2, 0) is 18.5 Å². The van der Waals surface area contributed by atoms with E-state index in [0.29, 0.717) is 5.56 Å². The summed E-state index contributed by atoms with van der Waals surface area (Å²) in [6, 6.07) is 3.12. The maximum absolute atomic E-state index is 14.1. The number of likely N-dealkylation sites (tertiary alicyclic amines) is 1. The van der Waals surface area contributed by atoms with Gasteiger partial charge in [0.1, 0.15) is 18.7 Å². The van der Waals surface area contributed by atoms with E-state index in [4.69, 9.17) is 4.52 Å². The highest BCUT2D eigenvalue weighted by Gasteiger charge is 2.62. The highest BCUT2D eigenvalue weighted by Crippen LogP contribution is 2.47. The van der Waals surface area contributed by atoms with Crippen LogP contribution in [0.2, 0.25) is 0 Å². The van der Waals surface area contributed by atoms with E-state index < -0.39 is 37.0 Å². The van der Waals surface area contributed by atoms with Gasteiger partial charge in [-0.2, -0.15) is 23.3 Å². The molecular formula is C17H16F5N7O. The average Bonchev–Trinajstić information content (AvgIpc) is 3.42. The van der Waals surface area contributed by atoms with Crippen molar-refractivity contribution >= 4 is 0 Å². The molecule has 1 atom stereocenters. The summed E-state index contributed by atoms with van der Waals surface area (Å²) in [5.74, 6) is -0.333. The number of nitrogens with zero attached hydrogens (tertiary/aromatic N) is 7. The zero-order valence-corrected chi connectivity index (χ0v) is 15.4. The standard InChI is InChI=1S/C17H16F5N7O/c18-12(19)7-29-13(24-10-25-29)8-28-6-3-16(9-28,17(20,21)22)15-26-14(27-30-15)11-1-4-23-5-2-11/h1-2,4-5,10,12H,3,6-9H2. The van der Waals surface area contributed by atoms with Gasteiger partial charge >= 0.3 is 6.18 Å². The van der Waals surface area contributed by atoms with Gasteiger partial charge in [0, 0.05) is 31.0 Å². The summed E-state index contributed by atoms with van der Waals surface area (Å²) in [5, 5.41) is 7.40. The zero-order valence-electron chi connectivity index (χ0n) is 15.4. The fourth-order valence-electron chi connectivity index (χ4n) is 3.48. The van der Waals surface area contributed by atoms with Crippen molar-refractivity contribution in [1.82, 2.24) is 34.8 Å². The van der Waals surface area contributed by atoms with Crippen LogP contribution in [0.1, 0.15) is 18.1 Å². The number of rotatable bonds is 6. The van der Waals surface area contributed by atoms with Crippen molar-refractivity contribution in [3.05, 3.63) is 42.6 Å². The van der Waals surface area contributed by atoms with Crippen LogP contribution in [0.4, 0.5) is 22.0 Å². The third-order valence-electron chi connectivity index (χ3n) is 5.04. The molecule has 0 radical (unpaired) electrons. The molecule has 160 valence electrons. The maximum Gasteiger partial charge on any atom is 0.404 e. The van der Waals surface area contributed by atoms with E-state index in [1.165, 1.54) is 17.3 Å².